The molecule has 0 spiro atoms. The predicted octanol–water partition coefficient (Wildman–Crippen LogP) is 5.21. The number of amides is 2. The molecule has 4 rings (SSSR count). The number of carbonyl (C=O) groups is 2. The molecule has 2 amide bonds. The highest BCUT2D eigenvalue weighted by molar-refractivity contribution is 6.33. The van der Waals surface area contributed by atoms with Crippen LogP contribution >= 0.6 is 11.6 Å². The number of rotatable bonds is 5. The smallest absolute Gasteiger partial charge is 0.255 e. The molecule has 6 nitrogen and oxygen atoms in total. The lowest BCUT2D eigenvalue weighted by Gasteiger charge is -2.26. The van der Waals surface area contributed by atoms with Gasteiger partial charge in [-0.05, 0) is 56.0 Å². The lowest BCUT2D eigenvalue weighted by Crippen LogP contribution is -2.39. The van der Waals surface area contributed by atoms with E-state index in [0.29, 0.717) is 33.5 Å². The lowest BCUT2D eigenvalue weighted by atomic mass is 9.93. The first kappa shape index (κ1) is 20.2. The molecule has 0 saturated heterocycles. The first-order valence-electron chi connectivity index (χ1n) is 9.86. The highest BCUT2D eigenvalue weighted by Crippen LogP contribution is 2.37. The molecule has 1 fully saturated rings. The topological polar surface area (TPSA) is 84.2 Å². The van der Waals surface area contributed by atoms with Crippen LogP contribution in [0.2, 0.25) is 5.02 Å². The third-order valence-electron chi connectivity index (χ3n) is 5.21. The minimum absolute atomic E-state index is 0.182. The van der Waals surface area contributed by atoms with Gasteiger partial charge in [-0.15, -0.1) is 0 Å². The number of halogens is 1. The molecule has 30 heavy (non-hydrogen) atoms. The second-order valence-corrected chi connectivity index (χ2v) is 7.91. The Morgan fingerprint density at radius 3 is 2.60 bits per heavy atom. The third kappa shape index (κ3) is 4.09. The largest absolute Gasteiger partial charge is 0.455 e. The van der Waals surface area contributed by atoms with Crippen LogP contribution in [-0.2, 0) is 4.79 Å². The average Bonchev–Trinajstić information content (AvgIpc) is 3.11. The van der Waals surface area contributed by atoms with Gasteiger partial charge in [0.15, 0.2) is 0 Å². The summed E-state index contributed by atoms with van der Waals surface area (Å²) in [5, 5.41) is 6.25. The quantitative estimate of drug-likeness (QED) is 0.589. The zero-order valence-corrected chi connectivity index (χ0v) is 17.5. The normalized spacial score (nSPS) is 13.6. The van der Waals surface area contributed by atoms with Crippen molar-refractivity contribution in [1.82, 2.24) is 10.3 Å². The number of nitrogens with one attached hydrogen (secondary N) is 2. The van der Waals surface area contributed by atoms with Crippen molar-refractivity contribution in [2.75, 3.05) is 5.32 Å². The Morgan fingerprint density at radius 2 is 1.93 bits per heavy atom. The number of pyridine rings is 1. The second kappa shape index (κ2) is 8.32. The van der Waals surface area contributed by atoms with Crippen molar-refractivity contribution in [3.8, 4) is 22.6 Å². The predicted molar refractivity (Wildman–Crippen MR) is 117 cm³/mol. The van der Waals surface area contributed by atoms with E-state index in [-0.39, 0.29) is 17.9 Å². The molecule has 1 aliphatic carbocycles. The summed E-state index contributed by atoms with van der Waals surface area (Å²) in [7, 11) is 0. The van der Waals surface area contributed by atoms with Crippen molar-refractivity contribution in [3.05, 3.63) is 58.7 Å². The van der Waals surface area contributed by atoms with Crippen molar-refractivity contribution in [2.45, 2.75) is 39.2 Å². The standard InChI is InChI=1S/C23H22ClN3O3/c1-13-12-25-21(26-14(2)28)11-17(13)20-10-18(23(29)27-15-6-5-7-15)22(30-20)16-8-3-4-9-19(16)24/h3-4,8-12,15H,5-7H2,1-2H3,(H,27,29)(H,25,26,28). The molecule has 3 aromatic rings. The molecule has 2 N–H and O–H groups in total. The van der Waals surface area contributed by atoms with E-state index in [1.165, 1.54) is 6.92 Å². The maximum atomic E-state index is 13.0. The number of hydrogen-bond donors (Lipinski definition) is 2. The Hall–Kier alpha value is -3.12. The van der Waals surface area contributed by atoms with Crippen molar-refractivity contribution in [3.63, 3.8) is 0 Å². The van der Waals surface area contributed by atoms with Crippen LogP contribution in [0.1, 0.15) is 42.1 Å². The number of aryl methyl sites for hydroxylation is 1. The molecule has 7 heteroatoms. The zero-order valence-electron chi connectivity index (χ0n) is 16.8. The Morgan fingerprint density at radius 1 is 1.17 bits per heavy atom. The van der Waals surface area contributed by atoms with Crippen LogP contribution in [0.15, 0.2) is 47.0 Å². The molecule has 2 heterocycles. The molecule has 1 aliphatic rings. The van der Waals surface area contributed by atoms with Crippen LogP contribution in [0.25, 0.3) is 22.6 Å². The van der Waals surface area contributed by atoms with E-state index < -0.39 is 0 Å². The maximum absolute atomic E-state index is 13.0. The van der Waals surface area contributed by atoms with Gasteiger partial charge in [0.05, 0.1) is 10.6 Å². The van der Waals surface area contributed by atoms with Gasteiger partial charge in [-0.25, -0.2) is 4.98 Å². The van der Waals surface area contributed by atoms with Gasteiger partial charge in [0, 0.05) is 30.3 Å². The van der Waals surface area contributed by atoms with E-state index in [0.717, 1.165) is 30.4 Å². The van der Waals surface area contributed by atoms with Gasteiger partial charge < -0.3 is 15.1 Å². The Kier molecular flexibility index (Phi) is 5.59. The van der Waals surface area contributed by atoms with Gasteiger partial charge in [0.25, 0.3) is 5.91 Å². The van der Waals surface area contributed by atoms with Crippen LogP contribution in [0.5, 0.6) is 0 Å². The van der Waals surface area contributed by atoms with E-state index in [2.05, 4.69) is 15.6 Å². The molecule has 0 atom stereocenters. The molecule has 0 radical (unpaired) electrons. The Labute approximate surface area is 179 Å². The molecule has 0 bridgehead atoms. The van der Waals surface area contributed by atoms with Gasteiger partial charge in [-0.1, -0.05) is 23.7 Å². The molecule has 1 aromatic carbocycles. The van der Waals surface area contributed by atoms with Crippen molar-refractivity contribution >= 4 is 29.2 Å². The first-order chi connectivity index (χ1) is 14.4. The summed E-state index contributed by atoms with van der Waals surface area (Å²) < 4.78 is 6.18. The fourth-order valence-electron chi connectivity index (χ4n) is 3.39. The Bertz CT molecular complexity index is 1120. The van der Waals surface area contributed by atoms with Gasteiger partial charge in [0.1, 0.15) is 17.3 Å². The van der Waals surface area contributed by atoms with Crippen LogP contribution in [0, 0.1) is 6.92 Å². The number of hydrogen-bond acceptors (Lipinski definition) is 4. The molecular weight excluding hydrogens is 402 g/mol. The number of anilines is 1. The highest BCUT2D eigenvalue weighted by atomic mass is 35.5. The molecular formula is C23H22ClN3O3. The number of nitrogens with zero attached hydrogens (tertiary/aromatic N) is 1. The maximum Gasteiger partial charge on any atom is 0.255 e. The minimum Gasteiger partial charge on any atom is -0.455 e. The molecule has 0 unspecified atom stereocenters. The number of aromatic nitrogens is 1. The summed E-state index contributed by atoms with van der Waals surface area (Å²) in [6, 6.07) is 10.9. The summed E-state index contributed by atoms with van der Waals surface area (Å²) >= 11 is 6.40. The summed E-state index contributed by atoms with van der Waals surface area (Å²) in [4.78, 5) is 28.6. The van der Waals surface area contributed by atoms with E-state index in [1.54, 1.807) is 24.4 Å². The van der Waals surface area contributed by atoms with Crippen LogP contribution in [-0.4, -0.2) is 22.8 Å². The number of carbonyl (C=O) groups excluding carboxylic acids is 2. The highest BCUT2D eigenvalue weighted by Gasteiger charge is 2.26. The molecule has 154 valence electrons. The number of benzene rings is 1. The summed E-state index contributed by atoms with van der Waals surface area (Å²) in [5.74, 6) is 0.951. The van der Waals surface area contributed by atoms with Gasteiger partial charge in [-0.3, -0.25) is 9.59 Å². The molecule has 0 aliphatic heterocycles. The van der Waals surface area contributed by atoms with E-state index >= 15 is 0 Å². The number of furan rings is 1. The van der Waals surface area contributed by atoms with Crippen LogP contribution in [0.3, 0.4) is 0 Å². The lowest BCUT2D eigenvalue weighted by molar-refractivity contribution is -0.114. The Balaban J connectivity index is 1.80. The fourth-order valence-corrected chi connectivity index (χ4v) is 3.61. The second-order valence-electron chi connectivity index (χ2n) is 7.50. The zero-order chi connectivity index (χ0) is 21.3. The average molecular weight is 424 g/mol. The van der Waals surface area contributed by atoms with Crippen molar-refractivity contribution in [2.24, 2.45) is 0 Å². The molecule has 1 saturated carbocycles. The van der Waals surface area contributed by atoms with Gasteiger partial charge >= 0.3 is 0 Å². The minimum atomic E-state index is -0.214. The van der Waals surface area contributed by atoms with E-state index in [1.807, 2.05) is 25.1 Å². The van der Waals surface area contributed by atoms with E-state index in [9.17, 15) is 9.59 Å². The van der Waals surface area contributed by atoms with Crippen molar-refractivity contribution < 1.29 is 14.0 Å². The van der Waals surface area contributed by atoms with Crippen LogP contribution in [0.4, 0.5) is 5.82 Å². The van der Waals surface area contributed by atoms with Gasteiger partial charge in [0.2, 0.25) is 5.91 Å². The first-order valence-corrected chi connectivity index (χ1v) is 10.2. The van der Waals surface area contributed by atoms with Crippen LogP contribution < -0.4 is 10.6 Å². The monoisotopic (exact) mass is 423 g/mol. The van der Waals surface area contributed by atoms with E-state index in [4.69, 9.17) is 16.0 Å². The third-order valence-corrected chi connectivity index (χ3v) is 5.54. The van der Waals surface area contributed by atoms with Gasteiger partial charge in [-0.2, -0.15) is 0 Å². The molecule has 2 aromatic heterocycles. The summed E-state index contributed by atoms with van der Waals surface area (Å²) in [5.41, 5.74) is 2.68. The fraction of sp³-hybridized carbons (Fsp3) is 0.261. The van der Waals surface area contributed by atoms with Crippen molar-refractivity contribution in [1.29, 1.82) is 0 Å². The summed E-state index contributed by atoms with van der Waals surface area (Å²) in [6.07, 6.45) is 4.76. The summed E-state index contributed by atoms with van der Waals surface area (Å²) in [6.45, 7) is 3.32. The SMILES string of the molecule is CC(=O)Nc1cc(-c2cc(C(=O)NC3CCC3)c(-c3ccccc3Cl)o2)c(C)cn1.